The quantitative estimate of drug-likeness (QED) is 0.451. The van der Waals surface area contributed by atoms with Crippen LogP contribution in [-0.4, -0.2) is 18.7 Å². The number of nitrogens with one attached hydrogen (secondary N) is 1. The van der Waals surface area contributed by atoms with Crippen molar-refractivity contribution in [3.63, 3.8) is 0 Å². The third kappa shape index (κ3) is 5.65. The molecule has 0 atom stereocenters. The van der Waals surface area contributed by atoms with Gasteiger partial charge in [0.15, 0.2) is 11.5 Å². The Kier molecular flexibility index (Phi) is 6.95. The number of rotatable bonds is 8. The Morgan fingerprint density at radius 3 is 2.52 bits per heavy atom. The molecule has 5 nitrogen and oxygen atoms in total. The van der Waals surface area contributed by atoms with Crippen molar-refractivity contribution in [3.8, 4) is 11.5 Å². The van der Waals surface area contributed by atoms with Crippen LogP contribution in [0.15, 0.2) is 77.9 Å². The Hall–Kier alpha value is -3.67. The molecule has 148 valence electrons. The third-order valence-corrected chi connectivity index (χ3v) is 4.00. The summed E-state index contributed by atoms with van der Waals surface area (Å²) in [5.41, 5.74) is 4.01. The molecule has 0 aromatic heterocycles. The second-order valence-corrected chi connectivity index (χ2v) is 6.09. The minimum atomic E-state index is -0.618. The lowest BCUT2D eigenvalue weighted by atomic mass is 10.2. The summed E-state index contributed by atoms with van der Waals surface area (Å²) in [4.78, 5) is 12.0. The van der Waals surface area contributed by atoms with Gasteiger partial charge in [-0.25, -0.2) is 9.82 Å². The molecule has 1 amide bonds. The van der Waals surface area contributed by atoms with Gasteiger partial charge in [0.05, 0.1) is 18.4 Å². The number of carbonyl (C=O) groups is 1. The lowest BCUT2D eigenvalue weighted by Gasteiger charge is -2.12. The van der Waals surface area contributed by atoms with E-state index in [9.17, 15) is 9.18 Å². The van der Waals surface area contributed by atoms with Crippen LogP contribution in [0.25, 0.3) is 0 Å². The minimum absolute atomic E-state index is 0.0654. The van der Waals surface area contributed by atoms with Gasteiger partial charge in [-0.3, -0.25) is 4.79 Å². The molecule has 1 N–H and O–H groups in total. The molecule has 0 unspecified atom stereocenters. The van der Waals surface area contributed by atoms with Crippen LogP contribution in [0, 0.1) is 5.82 Å². The van der Waals surface area contributed by atoms with Crippen LogP contribution in [-0.2, 0) is 6.61 Å². The highest BCUT2D eigenvalue weighted by molar-refractivity contribution is 5.95. The van der Waals surface area contributed by atoms with Crippen LogP contribution < -0.4 is 14.9 Å². The fourth-order valence-electron chi connectivity index (χ4n) is 2.60. The van der Waals surface area contributed by atoms with E-state index in [4.69, 9.17) is 9.47 Å². The topological polar surface area (TPSA) is 59.9 Å². The van der Waals surface area contributed by atoms with E-state index in [2.05, 4.69) is 10.5 Å². The molecule has 0 saturated heterocycles. The zero-order chi connectivity index (χ0) is 20.5. The summed E-state index contributed by atoms with van der Waals surface area (Å²) in [6.07, 6.45) is 1.46. The second kappa shape index (κ2) is 10.0. The first kappa shape index (κ1) is 20.1. The number of halogens is 1. The zero-order valence-electron chi connectivity index (χ0n) is 16.0. The van der Waals surface area contributed by atoms with E-state index in [1.807, 2.05) is 37.3 Å². The van der Waals surface area contributed by atoms with Gasteiger partial charge in [0.2, 0.25) is 0 Å². The lowest BCUT2D eigenvalue weighted by Crippen LogP contribution is -2.18. The number of ether oxygens (including phenoxy) is 2. The van der Waals surface area contributed by atoms with E-state index >= 15 is 0 Å². The monoisotopic (exact) mass is 392 g/mol. The molecule has 0 spiro atoms. The predicted octanol–water partition coefficient (Wildman–Crippen LogP) is 4.57. The number of carbonyl (C=O) groups excluding carboxylic acids is 1. The van der Waals surface area contributed by atoms with Gasteiger partial charge in [0.1, 0.15) is 12.4 Å². The third-order valence-electron chi connectivity index (χ3n) is 4.00. The second-order valence-electron chi connectivity index (χ2n) is 6.09. The van der Waals surface area contributed by atoms with Gasteiger partial charge in [-0.05, 0) is 48.4 Å². The molecular formula is C23H21FN2O3. The van der Waals surface area contributed by atoms with Crippen molar-refractivity contribution in [3.05, 3.63) is 95.3 Å². The molecule has 0 fully saturated rings. The van der Waals surface area contributed by atoms with E-state index in [0.717, 1.165) is 5.56 Å². The lowest BCUT2D eigenvalue weighted by molar-refractivity contribution is 0.0951. The van der Waals surface area contributed by atoms with Crippen LogP contribution in [0.5, 0.6) is 11.5 Å². The summed E-state index contributed by atoms with van der Waals surface area (Å²) in [6, 6.07) is 20.9. The summed E-state index contributed by atoms with van der Waals surface area (Å²) < 4.78 is 25.1. The smallest absolute Gasteiger partial charge is 0.274 e. The van der Waals surface area contributed by atoms with E-state index in [-0.39, 0.29) is 5.56 Å². The standard InChI is InChI=1S/C23H21FN2O3/c1-2-28-22-14-18(12-13-21(22)29-16-17-8-4-3-5-9-17)15-25-26-23(27)19-10-6-7-11-20(19)24/h3-15H,2,16H2,1H3,(H,26,27)/b25-15-. The predicted molar refractivity (Wildman–Crippen MR) is 110 cm³/mol. The van der Waals surface area contributed by atoms with E-state index in [0.29, 0.717) is 30.3 Å². The molecule has 0 bridgehead atoms. The van der Waals surface area contributed by atoms with Crippen LogP contribution >= 0.6 is 0 Å². The van der Waals surface area contributed by atoms with Gasteiger partial charge < -0.3 is 9.47 Å². The van der Waals surface area contributed by atoms with Crippen molar-refractivity contribution in [1.82, 2.24) is 5.43 Å². The van der Waals surface area contributed by atoms with Crippen molar-refractivity contribution in [2.75, 3.05) is 6.61 Å². The van der Waals surface area contributed by atoms with Crippen molar-refractivity contribution >= 4 is 12.1 Å². The molecule has 6 heteroatoms. The number of hydrogen-bond acceptors (Lipinski definition) is 4. The highest BCUT2D eigenvalue weighted by atomic mass is 19.1. The first-order chi connectivity index (χ1) is 14.2. The van der Waals surface area contributed by atoms with E-state index < -0.39 is 11.7 Å². The Labute approximate surface area is 168 Å². The van der Waals surface area contributed by atoms with Crippen LogP contribution in [0.4, 0.5) is 4.39 Å². The Morgan fingerprint density at radius 1 is 1.00 bits per heavy atom. The van der Waals surface area contributed by atoms with Gasteiger partial charge in [-0.2, -0.15) is 5.10 Å². The van der Waals surface area contributed by atoms with Crippen molar-refractivity contribution in [2.45, 2.75) is 13.5 Å². The van der Waals surface area contributed by atoms with Crippen molar-refractivity contribution in [1.29, 1.82) is 0 Å². The Bertz CT molecular complexity index is 990. The number of hydrazone groups is 1. The molecule has 0 radical (unpaired) electrons. The fourth-order valence-corrected chi connectivity index (χ4v) is 2.60. The maximum Gasteiger partial charge on any atom is 0.274 e. The summed E-state index contributed by atoms with van der Waals surface area (Å²) in [5.74, 6) is -0.0259. The first-order valence-electron chi connectivity index (χ1n) is 9.19. The average Bonchev–Trinajstić information content (AvgIpc) is 2.74. The van der Waals surface area contributed by atoms with E-state index in [1.54, 1.807) is 24.3 Å². The van der Waals surface area contributed by atoms with Gasteiger partial charge in [0.25, 0.3) is 5.91 Å². The van der Waals surface area contributed by atoms with Crippen LogP contribution in [0.2, 0.25) is 0 Å². The molecule has 0 aliphatic rings. The summed E-state index contributed by atoms with van der Waals surface area (Å²) >= 11 is 0. The van der Waals surface area contributed by atoms with Gasteiger partial charge in [-0.15, -0.1) is 0 Å². The number of hydrogen-bond donors (Lipinski definition) is 1. The summed E-state index contributed by atoms with van der Waals surface area (Å²) in [6.45, 7) is 2.79. The number of benzene rings is 3. The van der Waals surface area contributed by atoms with Gasteiger partial charge in [-0.1, -0.05) is 42.5 Å². The van der Waals surface area contributed by atoms with Crippen LogP contribution in [0.1, 0.15) is 28.4 Å². The Morgan fingerprint density at radius 2 is 1.76 bits per heavy atom. The summed E-state index contributed by atoms with van der Waals surface area (Å²) in [5, 5.41) is 3.90. The average molecular weight is 392 g/mol. The van der Waals surface area contributed by atoms with E-state index in [1.165, 1.54) is 24.4 Å². The Balaban J connectivity index is 1.66. The number of amides is 1. The van der Waals surface area contributed by atoms with Crippen LogP contribution in [0.3, 0.4) is 0 Å². The zero-order valence-corrected chi connectivity index (χ0v) is 16.0. The molecule has 3 aromatic carbocycles. The first-order valence-corrected chi connectivity index (χ1v) is 9.19. The molecule has 3 aromatic rings. The van der Waals surface area contributed by atoms with Crippen molar-refractivity contribution < 1.29 is 18.7 Å². The molecule has 29 heavy (non-hydrogen) atoms. The van der Waals surface area contributed by atoms with Gasteiger partial charge in [0, 0.05) is 0 Å². The summed E-state index contributed by atoms with van der Waals surface area (Å²) in [7, 11) is 0. The molecule has 0 saturated carbocycles. The minimum Gasteiger partial charge on any atom is -0.490 e. The molecular weight excluding hydrogens is 371 g/mol. The van der Waals surface area contributed by atoms with Crippen molar-refractivity contribution in [2.24, 2.45) is 5.10 Å². The largest absolute Gasteiger partial charge is 0.490 e. The van der Waals surface area contributed by atoms with Gasteiger partial charge >= 0.3 is 0 Å². The molecule has 0 aliphatic carbocycles. The number of nitrogens with zero attached hydrogens (tertiary/aromatic N) is 1. The molecule has 3 rings (SSSR count). The maximum absolute atomic E-state index is 13.6. The molecule has 0 heterocycles. The maximum atomic E-state index is 13.6. The SMILES string of the molecule is CCOc1cc(/C=N\NC(=O)c2ccccc2F)ccc1OCc1ccccc1. The highest BCUT2D eigenvalue weighted by Crippen LogP contribution is 2.28. The fraction of sp³-hybridized carbons (Fsp3) is 0.130. The normalized spacial score (nSPS) is 10.7. The molecule has 0 aliphatic heterocycles. The highest BCUT2D eigenvalue weighted by Gasteiger charge is 2.10.